The molecule has 1 rings (SSSR count). The molecule has 166 valence electrons. The molecule has 0 saturated heterocycles. The van der Waals surface area contributed by atoms with Crippen LogP contribution in [0.5, 0.6) is 0 Å². The van der Waals surface area contributed by atoms with Gasteiger partial charge in [-0.1, -0.05) is 12.1 Å². The maximum atomic E-state index is 12.5. The van der Waals surface area contributed by atoms with Crippen LogP contribution in [0.15, 0.2) is 29.3 Å². The molecule has 0 atom stereocenters. The molecule has 0 radical (unpaired) electrons. The third-order valence-electron chi connectivity index (χ3n) is 3.55. The number of amides is 1. The van der Waals surface area contributed by atoms with E-state index in [-0.39, 0.29) is 29.9 Å². The van der Waals surface area contributed by atoms with Crippen molar-refractivity contribution in [1.82, 2.24) is 15.5 Å². The van der Waals surface area contributed by atoms with Crippen LogP contribution in [-0.2, 0) is 17.4 Å². The molecule has 0 unspecified atom stereocenters. The molecule has 29 heavy (non-hydrogen) atoms. The van der Waals surface area contributed by atoms with Gasteiger partial charge in [0.1, 0.15) is 13.1 Å². The summed E-state index contributed by atoms with van der Waals surface area (Å²) in [6.07, 6.45) is -8.49. The number of alkyl halides is 6. The first-order valence-corrected chi connectivity index (χ1v) is 8.41. The molecule has 5 nitrogen and oxygen atoms in total. The number of hydrogen-bond acceptors (Lipinski definition) is 2. The highest BCUT2D eigenvalue weighted by molar-refractivity contribution is 14.0. The number of hydrogen-bond donors (Lipinski definition) is 2. The first-order valence-electron chi connectivity index (χ1n) is 8.41. The summed E-state index contributed by atoms with van der Waals surface area (Å²) in [5.74, 6) is -0.569. The van der Waals surface area contributed by atoms with Crippen molar-refractivity contribution in [3.05, 3.63) is 35.4 Å². The van der Waals surface area contributed by atoms with Crippen molar-refractivity contribution in [3.63, 3.8) is 0 Å². The third-order valence-corrected chi connectivity index (χ3v) is 3.55. The second kappa shape index (κ2) is 12.1. The lowest BCUT2D eigenvalue weighted by Gasteiger charge is -2.18. The minimum atomic E-state index is -4.49. The molecule has 0 saturated carbocycles. The van der Waals surface area contributed by atoms with Crippen molar-refractivity contribution in [2.24, 2.45) is 4.99 Å². The van der Waals surface area contributed by atoms with Crippen LogP contribution in [0, 0.1) is 0 Å². The van der Waals surface area contributed by atoms with Crippen LogP contribution in [0.3, 0.4) is 0 Å². The van der Waals surface area contributed by atoms with Crippen LogP contribution >= 0.6 is 24.0 Å². The van der Waals surface area contributed by atoms with Crippen molar-refractivity contribution in [2.45, 2.75) is 25.7 Å². The Bertz CT molecular complexity index is 661. The fourth-order valence-electron chi connectivity index (χ4n) is 2.15. The van der Waals surface area contributed by atoms with Gasteiger partial charge in [0, 0.05) is 20.1 Å². The number of halogens is 7. The highest BCUT2D eigenvalue weighted by atomic mass is 127. The molecule has 0 bridgehead atoms. The van der Waals surface area contributed by atoms with E-state index in [1.165, 1.54) is 12.1 Å². The number of nitrogens with zero attached hydrogens (tertiary/aromatic N) is 2. The Morgan fingerprint density at radius 3 is 2.14 bits per heavy atom. The van der Waals surface area contributed by atoms with Gasteiger partial charge in [0.2, 0.25) is 5.91 Å². The van der Waals surface area contributed by atoms with Gasteiger partial charge in [0.25, 0.3) is 0 Å². The summed E-state index contributed by atoms with van der Waals surface area (Å²) < 4.78 is 74.5. The first kappa shape index (κ1) is 27.3. The Kier molecular flexibility index (Phi) is 11.4. The smallest absolute Gasteiger partial charge is 0.357 e. The molecular weight excluding hydrogens is 517 g/mol. The second-order valence-corrected chi connectivity index (χ2v) is 5.93. The van der Waals surface area contributed by atoms with Gasteiger partial charge in [-0.05, 0) is 31.0 Å². The zero-order valence-electron chi connectivity index (χ0n) is 15.8. The molecule has 0 aliphatic carbocycles. The maximum absolute atomic E-state index is 12.5. The number of benzene rings is 1. The summed E-state index contributed by atoms with van der Waals surface area (Å²) in [6.45, 7) is 0.703. The largest absolute Gasteiger partial charge is 0.416 e. The normalized spacial score (nSPS) is 12.2. The van der Waals surface area contributed by atoms with Crippen molar-refractivity contribution in [3.8, 4) is 0 Å². The lowest BCUT2D eigenvalue weighted by atomic mass is 10.1. The molecule has 1 aromatic carbocycles. The van der Waals surface area contributed by atoms with E-state index in [9.17, 15) is 31.1 Å². The summed E-state index contributed by atoms with van der Waals surface area (Å²) in [6, 6.07) is 4.71. The number of likely N-dealkylation sites (N-methyl/N-ethyl adjacent to an activating group) is 1. The van der Waals surface area contributed by atoms with E-state index in [1.807, 2.05) is 0 Å². The molecule has 1 aromatic rings. The average Bonchev–Trinajstić information content (AvgIpc) is 2.57. The predicted octanol–water partition coefficient (Wildman–Crippen LogP) is 3.44. The predicted molar refractivity (Wildman–Crippen MR) is 108 cm³/mol. The van der Waals surface area contributed by atoms with Crippen molar-refractivity contribution >= 4 is 35.8 Å². The van der Waals surface area contributed by atoms with Crippen LogP contribution in [0.4, 0.5) is 26.3 Å². The highest BCUT2D eigenvalue weighted by Crippen LogP contribution is 2.29. The van der Waals surface area contributed by atoms with E-state index in [2.05, 4.69) is 15.6 Å². The molecule has 0 aromatic heterocycles. The molecule has 0 fully saturated rings. The standard InChI is InChI=1S/C17H22F6N4O.HI/c1-3-24-15(26-10-14(28)27(2)11-16(18,19)20)25-9-8-12-4-6-13(7-5-12)17(21,22)23;/h4-7H,3,8-11H2,1-2H3,(H2,24,25,26);1H. The number of guanidine groups is 1. The molecule has 0 aliphatic heterocycles. The summed E-state index contributed by atoms with van der Waals surface area (Å²) in [4.78, 5) is 16.2. The van der Waals surface area contributed by atoms with Gasteiger partial charge >= 0.3 is 12.4 Å². The summed E-state index contributed by atoms with van der Waals surface area (Å²) >= 11 is 0. The van der Waals surface area contributed by atoms with Gasteiger partial charge in [0.15, 0.2) is 5.96 Å². The maximum Gasteiger partial charge on any atom is 0.416 e. The van der Waals surface area contributed by atoms with Gasteiger partial charge < -0.3 is 15.5 Å². The van der Waals surface area contributed by atoms with E-state index in [0.717, 1.165) is 19.2 Å². The van der Waals surface area contributed by atoms with Gasteiger partial charge in [0.05, 0.1) is 5.56 Å². The fraction of sp³-hybridized carbons (Fsp3) is 0.529. The lowest BCUT2D eigenvalue weighted by molar-refractivity contribution is -0.157. The summed E-state index contributed by atoms with van der Waals surface area (Å²) in [5, 5.41) is 5.72. The monoisotopic (exact) mass is 540 g/mol. The number of rotatable bonds is 7. The van der Waals surface area contributed by atoms with Gasteiger partial charge in [-0.25, -0.2) is 4.99 Å². The second-order valence-electron chi connectivity index (χ2n) is 5.93. The van der Waals surface area contributed by atoms with Gasteiger partial charge in [-0.2, -0.15) is 26.3 Å². The topological polar surface area (TPSA) is 56.7 Å². The molecule has 0 aliphatic rings. The van der Waals surface area contributed by atoms with Crippen molar-refractivity contribution in [1.29, 1.82) is 0 Å². The number of nitrogens with one attached hydrogen (secondary N) is 2. The Morgan fingerprint density at radius 2 is 1.66 bits per heavy atom. The summed E-state index contributed by atoms with van der Waals surface area (Å²) in [5.41, 5.74) is -0.0714. The van der Waals surface area contributed by atoms with Gasteiger partial charge in [-0.3, -0.25) is 4.79 Å². The SMILES string of the molecule is CCNC(=NCC(=O)N(C)CC(F)(F)F)NCCc1ccc(C(F)(F)F)cc1.I. The zero-order chi connectivity index (χ0) is 21.4. The lowest BCUT2D eigenvalue weighted by Crippen LogP contribution is -2.40. The van der Waals surface area contributed by atoms with Crippen molar-refractivity contribution in [2.75, 3.05) is 33.2 Å². The molecule has 1 amide bonds. The molecular formula is C17H23F6IN4O. The minimum Gasteiger partial charge on any atom is -0.357 e. The molecule has 12 heteroatoms. The van der Waals surface area contributed by atoms with Crippen molar-refractivity contribution < 1.29 is 31.1 Å². The van der Waals surface area contributed by atoms with Crippen LogP contribution in [0.2, 0.25) is 0 Å². The highest BCUT2D eigenvalue weighted by Gasteiger charge is 2.31. The average molecular weight is 540 g/mol. The molecule has 2 N–H and O–H groups in total. The Balaban J connectivity index is 0.00000784. The van der Waals surface area contributed by atoms with Gasteiger partial charge in [-0.15, -0.1) is 24.0 Å². The van der Waals surface area contributed by atoms with Crippen LogP contribution in [-0.4, -0.2) is 56.2 Å². The Hall–Kier alpha value is -1.73. The van der Waals surface area contributed by atoms with E-state index in [1.54, 1.807) is 6.92 Å². The third kappa shape index (κ3) is 11.1. The number of carbonyl (C=O) groups excluding carboxylic acids is 1. The quantitative estimate of drug-likeness (QED) is 0.241. The van der Waals surface area contributed by atoms with Crippen LogP contribution < -0.4 is 10.6 Å². The van der Waals surface area contributed by atoms with E-state index in [4.69, 9.17) is 0 Å². The van der Waals surface area contributed by atoms with E-state index in [0.29, 0.717) is 30.0 Å². The zero-order valence-corrected chi connectivity index (χ0v) is 18.2. The van der Waals surface area contributed by atoms with E-state index >= 15 is 0 Å². The van der Waals surface area contributed by atoms with E-state index < -0.39 is 36.9 Å². The number of aliphatic imine (C=N–C) groups is 1. The fourth-order valence-corrected chi connectivity index (χ4v) is 2.15. The molecule has 0 heterocycles. The Labute approximate surface area is 181 Å². The minimum absolute atomic E-state index is 0. The summed E-state index contributed by atoms with van der Waals surface area (Å²) in [7, 11) is 1.04. The van der Waals surface area contributed by atoms with Crippen LogP contribution in [0.25, 0.3) is 0 Å². The molecule has 0 spiro atoms. The Morgan fingerprint density at radius 1 is 1.07 bits per heavy atom. The number of carbonyl (C=O) groups is 1. The van der Waals surface area contributed by atoms with Crippen LogP contribution in [0.1, 0.15) is 18.1 Å². The first-order chi connectivity index (χ1) is 12.9.